The summed E-state index contributed by atoms with van der Waals surface area (Å²) in [6.45, 7) is 0. The lowest BCUT2D eigenvalue weighted by atomic mass is 10.1. The molecule has 26 heavy (non-hydrogen) atoms. The largest absolute Gasteiger partial charge is 0.497 e. The van der Waals surface area contributed by atoms with E-state index in [2.05, 4.69) is 31.5 Å². The summed E-state index contributed by atoms with van der Waals surface area (Å²) in [5.74, 6) is 1.62. The van der Waals surface area contributed by atoms with Crippen molar-refractivity contribution in [1.82, 2.24) is 20.2 Å². The lowest BCUT2D eigenvalue weighted by Gasteiger charge is -2.07. The zero-order chi connectivity index (χ0) is 18.5. The van der Waals surface area contributed by atoms with Crippen molar-refractivity contribution in [2.75, 3.05) is 20.0 Å². The fourth-order valence-electron chi connectivity index (χ4n) is 2.21. The molecule has 2 aromatic carbocycles. The molecule has 0 radical (unpaired) electrons. The van der Waals surface area contributed by atoms with Crippen LogP contribution in [0.15, 0.2) is 52.1 Å². The molecule has 1 heterocycles. The first-order valence-corrected chi connectivity index (χ1v) is 9.32. The van der Waals surface area contributed by atoms with Crippen LogP contribution in [0.25, 0.3) is 5.69 Å². The second-order valence-corrected chi connectivity index (χ2v) is 6.93. The number of benzene rings is 2. The number of ether oxygens (including phenoxy) is 2. The second kappa shape index (κ2) is 8.33. The molecule has 0 atom stereocenters. The zero-order valence-corrected chi connectivity index (χ0v) is 16.5. The van der Waals surface area contributed by atoms with E-state index in [0.717, 1.165) is 15.9 Å². The number of methoxy groups -OCH3 is 2. The summed E-state index contributed by atoms with van der Waals surface area (Å²) < 4.78 is 12.6. The summed E-state index contributed by atoms with van der Waals surface area (Å²) in [5, 5.41) is 12.2. The van der Waals surface area contributed by atoms with E-state index in [1.54, 1.807) is 37.1 Å². The number of aromatic nitrogens is 4. The molecule has 0 bridgehead atoms. The van der Waals surface area contributed by atoms with Gasteiger partial charge in [0.2, 0.25) is 5.16 Å². The van der Waals surface area contributed by atoms with Crippen LogP contribution in [0.2, 0.25) is 0 Å². The van der Waals surface area contributed by atoms with Crippen LogP contribution in [-0.2, 0) is 0 Å². The lowest BCUT2D eigenvalue weighted by molar-refractivity contribution is 0.102. The molecule has 0 aliphatic heterocycles. The van der Waals surface area contributed by atoms with Crippen LogP contribution in [0.3, 0.4) is 0 Å². The SMILES string of the molecule is COc1ccc(-n2nnnc2SCC(=O)c2ccc(OC)c(Br)c2)cc1. The average Bonchev–Trinajstić information content (AvgIpc) is 3.14. The Morgan fingerprint density at radius 2 is 1.92 bits per heavy atom. The molecule has 0 unspecified atom stereocenters. The van der Waals surface area contributed by atoms with Gasteiger partial charge in [0.1, 0.15) is 11.5 Å². The maximum absolute atomic E-state index is 12.4. The van der Waals surface area contributed by atoms with E-state index < -0.39 is 0 Å². The van der Waals surface area contributed by atoms with Gasteiger partial charge < -0.3 is 9.47 Å². The molecule has 0 spiro atoms. The first kappa shape index (κ1) is 18.4. The van der Waals surface area contributed by atoms with Crippen LogP contribution < -0.4 is 9.47 Å². The van der Waals surface area contributed by atoms with E-state index in [0.29, 0.717) is 16.5 Å². The van der Waals surface area contributed by atoms with Crippen molar-refractivity contribution in [2.45, 2.75) is 5.16 Å². The summed E-state index contributed by atoms with van der Waals surface area (Å²) in [6, 6.07) is 12.6. The van der Waals surface area contributed by atoms with Gasteiger partial charge in [-0.15, -0.1) is 5.10 Å². The van der Waals surface area contributed by atoms with Crippen LogP contribution in [0.5, 0.6) is 11.5 Å². The van der Waals surface area contributed by atoms with Crippen molar-refractivity contribution in [3.05, 3.63) is 52.5 Å². The molecular weight excluding hydrogens is 420 g/mol. The van der Waals surface area contributed by atoms with E-state index in [1.165, 1.54) is 11.8 Å². The van der Waals surface area contributed by atoms with E-state index in [4.69, 9.17) is 9.47 Å². The highest BCUT2D eigenvalue weighted by Gasteiger charge is 2.14. The molecule has 0 aliphatic rings. The quantitative estimate of drug-likeness (QED) is 0.416. The number of halogens is 1. The Morgan fingerprint density at radius 3 is 2.58 bits per heavy atom. The molecule has 1 aromatic heterocycles. The maximum atomic E-state index is 12.4. The minimum Gasteiger partial charge on any atom is -0.497 e. The van der Waals surface area contributed by atoms with Crippen LogP contribution in [0, 0.1) is 0 Å². The Morgan fingerprint density at radius 1 is 1.15 bits per heavy atom. The van der Waals surface area contributed by atoms with Gasteiger partial charge >= 0.3 is 0 Å². The van der Waals surface area contributed by atoms with Gasteiger partial charge in [0.05, 0.1) is 30.1 Å². The minimum absolute atomic E-state index is 0.0253. The first-order chi connectivity index (χ1) is 12.6. The molecular formula is C17H15BrN4O3S. The number of nitrogens with zero attached hydrogens (tertiary/aromatic N) is 4. The van der Waals surface area contributed by atoms with Gasteiger partial charge in [-0.3, -0.25) is 4.79 Å². The fourth-order valence-corrected chi connectivity index (χ4v) is 3.53. The number of thioether (sulfide) groups is 1. The maximum Gasteiger partial charge on any atom is 0.214 e. The third kappa shape index (κ3) is 4.05. The van der Waals surface area contributed by atoms with Crippen molar-refractivity contribution in [1.29, 1.82) is 0 Å². The Kier molecular flexibility index (Phi) is 5.89. The van der Waals surface area contributed by atoms with E-state index in [1.807, 2.05) is 24.3 Å². The highest BCUT2D eigenvalue weighted by atomic mass is 79.9. The summed E-state index contributed by atoms with van der Waals surface area (Å²) >= 11 is 4.67. The van der Waals surface area contributed by atoms with Crippen LogP contribution in [0.4, 0.5) is 0 Å². The molecule has 0 N–H and O–H groups in total. The monoisotopic (exact) mass is 434 g/mol. The van der Waals surface area contributed by atoms with Crippen LogP contribution in [-0.4, -0.2) is 46.0 Å². The number of hydrogen-bond acceptors (Lipinski definition) is 7. The van der Waals surface area contributed by atoms with Crippen molar-refractivity contribution >= 4 is 33.5 Å². The fraction of sp³-hybridized carbons (Fsp3) is 0.176. The van der Waals surface area contributed by atoms with Gasteiger partial charge in [-0.2, -0.15) is 4.68 Å². The molecule has 3 rings (SSSR count). The first-order valence-electron chi connectivity index (χ1n) is 7.54. The smallest absolute Gasteiger partial charge is 0.214 e. The van der Waals surface area contributed by atoms with Crippen LogP contribution in [0.1, 0.15) is 10.4 Å². The molecule has 134 valence electrons. The summed E-state index contributed by atoms with van der Waals surface area (Å²) in [6.07, 6.45) is 0. The topological polar surface area (TPSA) is 79.1 Å². The van der Waals surface area contributed by atoms with Gasteiger partial charge in [0.15, 0.2) is 5.78 Å². The predicted molar refractivity (Wildman–Crippen MR) is 101 cm³/mol. The van der Waals surface area contributed by atoms with Gasteiger partial charge in [-0.1, -0.05) is 11.8 Å². The van der Waals surface area contributed by atoms with E-state index >= 15 is 0 Å². The Balaban J connectivity index is 1.71. The molecule has 0 aliphatic carbocycles. The molecule has 0 amide bonds. The van der Waals surface area contributed by atoms with Gasteiger partial charge in [0, 0.05) is 5.56 Å². The molecule has 0 saturated heterocycles. The van der Waals surface area contributed by atoms with Crippen LogP contribution >= 0.6 is 27.7 Å². The zero-order valence-electron chi connectivity index (χ0n) is 14.0. The third-order valence-corrected chi connectivity index (χ3v) is 5.10. The minimum atomic E-state index is -0.0253. The highest BCUT2D eigenvalue weighted by molar-refractivity contribution is 9.10. The van der Waals surface area contributed by atoms with Gasteiger partial charge in [-0.05, 0) is 68.8 Å². The molecule has 3 aromatic rings. The number of carbonyl (C=O) groups is 1. The van der Waals surface area contributed by atoms with Gasteiger partial charge in [0.25, 0.3) is 0 Å². The number of carbonyl (C=O) groups excluding carboxylic acids is 1. The second-order valence-electron chi connectivity index (χ2n) is 5.13. The lowest BCUT2D eigenvalue weighted by Crippen LogP contribution is -2.05. The Bertz CT molecular complexity index is 915. The van der Waals surface area contributed by atoms with E-state index in [9.17, 15) is 4.79 Å². The number of rotatable bonds is 7. The van der Waals surface area contributed by atoms with E-state index in [-0.39, 0.29) is 11.5 Å². The highest BCUT2D eigenvalue weighted by Crippen LogP contribution is 2.27. The van der Waals surface area contributed by atoms with Crippen molar-refractivity contribution < 1.29 is 14.3 Å². The summed E-state index contributed by atoms with van der Waals surface area (Å²) in [4.78, 5) is 12.4. The van der Waals surface area contributed by atoms with Gasteiger partial charge in [-0.25, -0.2) is 0 Å². The Labute approximate surface area is 162 Å². The molecule has 7 nitrogen and oxygen atoms in total. The van der Waals surface area contributed by atoms with Crippen molar-refractivity contribution in [2.24, 2.45) is 0 Å². The van der Waals surface area contributed by atoms with Crippen molar-refractivity contribution in [3.63, 3.8) is 0 Å². The molecule has 0 fully saturated rings. The number of tetrazole rings is 1. The summed E-state index contributed by atoms with van der Waals surface area (Å²) in [5.41, 5.74) is 1.38. The number of Topliss-reactive ketones (excluding diaryl/α,β-unsaturated/α-hetero) is 1. The number of hydrogen-bond donors (Lipinski definition) is 0. The number of ketones is 1. The average molecular weight is 435 g/mol. The molecule has 9 heteroatoms. The normalized spacial score (nSPS) is 10.6. The third-order valence-electron chi connectivity index (χ3n) is 3.56. The predicted octanol–water partition coefficient (Wildman–Crippen LogP) is 3.42. The summed E-state index contributed by atoms with van der Waals surface area (Å²) in [7, 11) is 3.19. The molecule has 0 saturated carbocycles. The van der Waals surface area contributed by atoms with Crippen molar-refractivity contribution in [3.8, 4) is 17.2 Å². The standard InChI is InChI=1S/C17H15BrN4O3S/c1-24-13-6-4-12(5-7-13)22-17(19-20-21-22)26-10-15(23)11-3-8-16(25-2)14(18)9-11/h3-9H,10H2,1-2H3. The Hall–Kier alpha value is -2.39.